The lowest BCUT2D eigenvalue weighted by molar-refractivity contribution is -0.301. The summed E-state index contributed by atoms with van der Waals surface area (Å²) in [5, 5.41) is 12.4. The van der Waals surface area contributed by atoms with Crippen LogP contribution in [0.5, 0.6) is 0 Å². The second-order valence-electron chi connectivity index (χ2n) is 12.9. The van der Waals surface area contributed by atoms with E-state index in [1.165, 1.54) is 0 Å². The van der Waals surface area contributed by atoms with E-state index in [1.807, 2.05) is 103 Å². The molecular formula is C41H44O7. The van der Waals surface area contributed by atoms with Gasteiger partial charge in [-0.15, -0.1) is 0 Å². The van der Waals surface area contributed by atoms with E-state index in [9.17, 15) is 5.11 Å². The number of ether oxygens (including phenoxy) is 6. The first-order chi connectivity index (χ1) is 23.7. The average Bonchev–Trinajstić information content (AvgIpc) is 3.15. The minimum absolute atomic E-state index is 0.00528. The standard InChI is InChI=1S/C41H44O7/c42-38-34(23-33-27-47-41(32-19-11-4-12-20-32)48-39(33)40(38)46-26-31-17-9-3-10-18-31)37-35(45-25-30-15-7-2-8-16-30)21-22-44-36(37)28-43-24-29-13-5-1-6-14-29/h1-22,33-42H,23-28H2/t33-,34-,35-,36-,37+,38+,39-,40-,41?/m1/s1. The van der Waals surface area contributed by atoms with Crippen molar-refractivity contribution in [3.8, 4) is 0 Å². The van der Waals surface area contributed by atoms with Gasteiger partial charge in [-0.05, 0) is 35.1 Å². The lowest BCUT2D eigenvalue weighted by atomic mass is 9.67. The first-order valence-electron chi connectivity index (χ1n) is 17.0. The van der Waals surface area contributed by atoms with Crippen LogP contribution in [0, 0.1) is 17.8 Å². The maximum atomic E-state index is 12.4. The SMILES string of the molecule is O[C@H]1[C@@H]([C@H]2[C@H](OCc3ccccc3)C=CO[C@@H]2COCc2ccccc2)C[C@@H]2COC(c3ccccc3)O[C@H]2[C@@H]1OCc1ccccc1. The van der Waals surface area contributed by atoms with Crippen LogP contribution in [-0.2, 0) is 48.2 Å². The molecule has 48 heavy (non-hydrogen) atoms. The molecule has 2 aliphatic heterocycles. The molecule has 4 aromatic rings. The Labute approximate surface area is 283 Å². The Hall–Kier alpha value is -3.82. The summed E-state index contributed by atoms with van der Waals surface area (Å²) in [6, 6.07) is 40.3. The van der Waals surface area contributed by atoms with Gasteiger partial charge in [0.05, 0.1) is 57.6 Å². The predicted octanol–water partition coefficient (Wildman–Crippen LogP) is 7.01. The zero-order chi connectivity index (χ0) is 32.5. The van der Waals surface area contributed by atoms with E-state index in [0.29, 0.717) is 39.5 Å². The summed E-state index contributed by atoms with van der Waals surface area (Å²) in [4.78, 5) is 0. The zero-order valence-corrected chi connectivity index (χ0v) is 27.0. The highest BCUT2D eigenvalue weighted by atomic mass is 16.7. The fourth-order valence-corrected chi connectivity index (χ4v) is 7.33. The molecule has 1 N–H and O–H groups in total. The molecule has 250 valence electrons. The third-order valence-electron chi connectivity index (χ3n) is 9.74. The Morgan fingerprint density at radius 1 is 0.688 bits per heavy atom. The molecule has 1 saturated carbocycles. The third kappa shape index (κ3) is 7.90. The van der Waals surface area contributed by atoms with Crippen LogP contribution in [0.4, 0.5) is 0 Å². The highest BCUT2D eigenvalue weighted by molar-refractivity contribution is 5.18. The zero-order valence-electron chi connectivity index (χ0n) is 27.0. The highest BCUT2D eigenvalue weighted by Crippen LogP contribution is 2.46. The maximum absolute atomic E-state index is 12.4. The molecule has 1 unspecified atom stereocenters. The molecule has 2 heterocycles. The van der Waals surface area contributed by atoms with Crippen molar-refractivity contribution in [3.63, 3.8) is 0 Å². The number of benzene rings is 4. The molecule has 0 aromatic heterocycles. The molecule has 1 aliphatic carbocycles. The molecule has 0 amide bonds. The van der Waals surface area contributed by atoms with Crippen LogP contribution in [0.25, 0.3) is 0 Å². The van der Waals surface area contributed by atoms with Crippen LogP contribution >= 0.6 is 0 Å². The van der Waals surface area contributed by atoms with Crippen molar-refractivity contribution >= 4 is 0 Å². The van der Waals surface area contributed by atoms with Gasteiger partial charge in [-0.1, -0.05) is 121 Å². The molecule has 7 rings (SSSR count). The van der Waals surface area contributed by atoms with Crippen LogP contribution in [0.15, 0.2) is 134 Å². The molecule has 4 aromatic carbocycles. The smallest absolute Gasteiger partial charge is 0.184 e. The van der Waals surface area contributed by atoms with Crippen LogP contribution < -0.4 is 0 Å². The second kappa shape index (κ2) is 16.1. The fourth-order valence-electron chi connectivity index (χ4n) is 7.33. The van der Waals surface area contributed by atoms with Crippen molar-refractivity contribution in [1.29, 1.82) is 0 Å². The molecule has 1 saturated heterocycles. The summed E-state index contributed by atoms with van der Waals surface area (Å²) >= 11 is 0. The Morgan fingerprint density at radius 2 is 1.27 bits per heavy atom. The minimum Gasteiger partial charge on any atom is -0.495 e. The third-order valence-corrected chi connectivity index (χ3v) is 9.74. The number of aliphatic hydroxyl groups excluding tert-OH is 1. The molecular weight excluding hydrogens is 604 g/mol. The molecule has 7 heteroatoms. The lowest BCUT2D eigenvalue weighted by Gasteiger charge is -2.52. The van der Waals surface area contributed by atoms with Crippen LogP contribution in [0.3, 0.4) is 0 Å². The topological polar surface area (TPSA) is 75.6 Å². The van der Waals surface area contributed by atoms with Crippen LogP contribution in [-0.4, -0.2) is 48.8 Å². The van der Waals surface area contributed by atoms with Crippen molar-refractivity contribution < 1.29 is 33.5 Å². The monoisotopic (exact) mass is 648 g/mol. The van der Waals surface area contributed by atoms with Gasteiger partial charge in [-0.2, -0.15) is 0 Å². The first-order valence-corrected chi connectivity index (χ1v) is 17.0. The summed E-state index contributed by atoms with van der Waals surface area (Å²) in [6.07, 6.45) is 1.41. The summed E-state index contributed by atoms with van der Waals surface area (Å²) in [6.45, 7) is 2.11. The number of fused-ring (bicyclic) bond motifs is 1. The minimum atomic E-state index is -0.843. The maximum Gasteiger partial charge on any atom is 0.184 e. The number of aliphatic hydroxyl groups is 1. The molecule has 9 atom stereocenters. The van der Waals surface area contributed by atoms with Crippen molar-refractivity contribution in [2.75, 3.05) is 13.2 Å². The van der Waals surface area contributed by atoms with Gasteiger partial charge >= 0.3 is 0 Å². The summed E-state index contributed by atoms with van der Waals surface area (Å²) < 4.78 is 38.8. The molecule has 0 spiro atoms. The van der Waals surface area contributed by atoms with E-state index in [4.69, 9.17) is 28.4 Å². The number of hydrogen-bond acceptors (Lipinski definition) is 7. The van der Waals surface area contributed by atoms with Gasteiger partial charge in [0.15, 0.2) is 6.29 Å². The first kappa shape index (κ1) is 32.7. The molecule has 2 fully saturated rings. The summed E-state index contributed by atoms with van der Waals surface area (Å²) in [5.74, 6) is -0.436. The highest BCUT2D eigenvalue weighted by Gasteiger charge is 2.54. The van der Waals surface area contributed by atoms with E-state index >= 15 is 0 Å². The van der Waals surface area contributed by atoms with Crippen LogP contribution in [0.2, 0.25) is 0 Å². The van der Waals surface area contributed by atoms with E-state index in [1.54, 1.807) is 6.26 Å². The average molecular weight is 649 g/mol. The van der Waals surface area contributed by atoms with E-state index in [0.717, 1.165) is 22.3 Å². The summed E-state index contributed by atoms with van der Waals surface area (Å²) in [7, 11) is 0. The predicted molar refractivity (Wildman–Crippen MR) is 181 cm³/mol. The number of rotatable bonds is 12. The Bertz CT molecular complexity index is 1550. The van der Waals surface area contributed by atoms with Crippen molar-refractivity contribution in [3.05, 3.63) is 156 Å². The molecule has 3 aliphatic rings. The van der Waals surface area contributed by atoms with Gasteiger partial charge in [0.1, 0.15) is 12.2 Å². The normalized spacial score (nSPS) is 29.9. The van der Waals surface area contributed by atoms with Gasteiger partial charge in [-0.3, -0.25) is 0 Å². The van der Waals surface area contributed by atoms with E-state index in [-0.39, 0.29) is 36.1 Å². The second-order valence-corrected chi connectivity index (χ2v) is 12.9. The van der Waals surface area contributed by atoms with Gasteiger partial charge in [-0.25, -0.2) is 0 Å². The Kier molecular flexibility index (Phi) is 10.9. The summed E-state index contributed by atoms with van der Waals surface area (Å²) in [5.41, 5.74) is 4.17. The molecule has 0 bridgehead atoms. The van der Waals surface area contributed by atoms with E-state index < -0.39 is 18.5 Å². The van der Waals surface area contributed by atoms with Crippen molar-refractivity contribution in [2.24, 2.45) is 17.8 Å². The van der Waals surface area contributed by atoms with E-state index in [2.05, 4.69) is 24.3 Å². The molecule has 7 nitrogen and oxygen atoms in total. The van der Waals surface area contributed by atoms with Gasteiger partial charge < -0.3 is 33.5 Å². The quantitative estimate of drug-likeness (QED) is 0.177. The van der Waals surface area contributed by atoms with Gasteiger partial charge in [0.25, 0.3) is 0 Å². The lowest BCUT2D eigenvalue weighted by Crippen LogP contribution is -2.60. The largest absolute Gasteiger partial charge is 0.495 e. The van der Waals surface area contributed by atoms with Gasteiger partial charge in [0, 0.05) is 17.4 Å². The van der Waals surface area contributed by atoms with Crippen molar-refractivity contribution in [1.82, 2.24) is 0 Å². The van der Waals surface area contributed by atoms with Crippen LogP contribution in [0.1, 0.15) is 35.0 Å². The molecule has 0 radical (unpaired) electrons. The number of hydrogen-bond donors (Lipinski definition) is 1. The Morgan fingerprint density at radius 3 is 1.92 bits per heavy atom. The Balaban J connectivity index is 1.15. The van der Waals surface area contributed by atoms with Gasteiger partial charge in [0.2, 0.25) is 0 Å². The van der Waals surface area contributed by atoms with Crippen molar-refractivity contribution in [2.45, 2.75) is 63.1 Å². The fraction of sp³-hybridized carbons (Fsp3) is 0.366.